The minimum absolute atomic E-state index is 0.430. The van der Waals surface area contributed by atoms with Gasteiger partial charge >= 0.3 is 0 Å². The van der Waals surface area contributed by atoms with E-state index in [1.54, 1.807) is 0 Å². The highest BCUT2D eigenvalue weighted by Crippen LogP contribution is 2.20. The van der Waals surface area contributed by atoms with Crippen molar-refractivity contribution < 1.29 is 9.26 Å². The van der Waals surface area contributed by atoms with Crippen LogP contribution < -0.4 is 10.1 Å². The van der Waals surface area contributed by atoms with Crippen molar-refractivity contribution in [3.05, 3.63) is 95.9 Å². The van der Waals surface area contributed by atoms with Gasteiger partial charge in [-0.3, -0.25) is 0 Å². The molecule has 0 spiro atoms. The normalized spacial score (nSPS) is 10.2. The van der Waals surface area contributed by atoms with Gasteiger partial charge in [0.15, 0.2) is 0 Å². The van der Waals surface area contributed by atoms with Gasteiger partial charge in [-0.2, -0.15) is 4.98 Å². The van der Waals surface area contributed by atoms with E-state index in [0.29, 0.717) is 24.9 Å². The van der Waals surface area contributed by atoms with Crippen molar-refractivity contribution in [1.29, 1.82) is 0 Å². The SMILES string of the molecule is CCOc1ccc(-c2noc(CNc3cccc(C#Cc4ccccc4)c3)n2)cc1. The van der Waals surface area contributed by atoms with Crippen molar-refractivity contribution in [3.63, 3.8) is 0 Å². The van der Waals surface area contributed by atoms with Crippen molar-refractivity contribution in [3.8, 4) is 29.0 Å². The first-order valence-corrected chi connectivity index (χ1v) is 9.77. The van der Waals surface area contributed by atoms with Crippen LogP contribution in [0.3, 0.4) is 0 Å². The zero-order chi connectivity index (χ0) is 20.6. The summed E-state index contributed by atoms with van der Waals surface area (Å²) in [5.41, 5.74) is 3.75. The molecule has 0 aliphatic rings. The fraction of sp³-hybridized carbons (Fsp3) is 0.120. The van der Waals surface area contributed by atoms with Crippen LogP contribution in [0, 0.1) is 11.8 Å². The molecule has 0 saturated heterocycles. The van der Waals surface area contributed by atoms with Crippen molar-refractivity contribution >= 4 is 5.69 Å². The number of hydrogen-bond acceptors (Lipinski definition) is 5. The molecule has 0 aliphatic heterocycles. The van der Waals surface area contributed by atoms with E-state index in [9.17, 15) is 0 Å². The van der Waals surface area contributed by atoms with E-state index in [-0.39, 0.29) is 0 Å². The zero-order valence-corrected chi connectivity index (χ0v) is 16.6. The standard InChI is InChI=1S/C25H21N3O2/c1-2-29-23-15-13-21(14-16-23)25-27-24(30-28-25)18-26-22-10-6-9-20(17-22)12-11-19-7-4-3-5-8-19/h3-10,13-17,26H,2,18H2,1H3. The summed E-state index contributed by atoms with van der Waals surface area (Å²) in [6.45, 7) is 3.02. The second kappa shape index (κ2) is 9.44. The summed E-state index contributed by atoms with van der Waals surface area (Å²) in [6, 6.07) is 25.5. The Morgan fingerprint density at radius 3 is 2.47 bits per heavy atom. The monoisotopic (exact) mass is 395 g/mol. The highest BCUT2D eigenvalue weighted by Gasteiger charge is 2.09. The number of nitrogens with zero attached hydrogens (tertiary/aromatic N) is 2. The van der Waals surface area contributed by atoms with Gasteiger partial charge in [-0.1, -0.05) is 41.3 Å². The minimum atomic E-state index is 0.430. The van der Waals surface area contributed by atoms with Gasteiger partial charge < -0.3 is 14.6 Å². The van der Waals surface area contributed by atoms with Gasteiger partial charge in [0.1, 0.15) is 5.75 Å². The van der Waals surface area contributed by atoms with Crippen LogP contribution in [0.1, 0.15) is 23.9 Å². The van der Waals surface area contributed by atoms with Gasteiger partial charge in [-0.25, -0.2) is 0 Å². The molecule has 1 N–H and O–H groups in total. The number of aromatic nitrogens is 2. The predicted octanol–water partition coefficient (Wildman–Crippen LogP) is 5.15. The Kier molecular flexibility index (Phi) is 6.07. The molecular formula is C25H21N3O2. The third-order valence-electron chi connectivity index (χ3n) is 4.32. The number of benzene rings is 3. The van der Waals surface area contributed by atoms with Crippen LogP contribution in [0.25, 0.3) is 11.4 Å². The lowest BCUT2D eigenvalue weighted by atomic mass is 10.1. The predicted molar refractivity (Wildman–Crippen MR) is 117 cm³/mol. The maximum Gasteiger partial charge on any atom is 0.246 e. The summed E-state index contributed by atoms with van der Waals surface area (Å²) < 4.78 is 10.8. The van der Waals surface area contributed by atoms with Gasteiger partial charge in [0.05, 0.1) is 13.2 Å². The summed E-state index contributed by atoms with van der Waals surface area (Å²) >= 11 is 0. The molecular weight excluding hydrogens is 374 g/mol. The molecule has 0 atom stereocenters. The molecule has 0 saturated carbocycles. The van der Waals surface area contributed by atoms with Crippen LogP contribution in [0.15, 0.2) is 83.4 Å². The lowest BCUT2D eigenvalue weighted by Crippen LogP contribution is -1.99. The van der Waals surface area contributed by atoms with Crippen LogP contribution in [0.4, 0.5) is 5.69 Å². The second-order valence-electron chi connectivity index (χ2n) is 6.52. The topological polar surface area (TPSA) is 60.2 Å². The smallest absolute Gasteiger partial charge is 0.246 e. The lowest BCUT2D eigenvalue weighted by molar-refractivity contribution is 0.340. The maximum absolute atomic E-state index is 5.46. The number of rotatable bonds is 6. The molecule has 0 fully saturated rings. The molecule has 4 rings (SSSR count). The Morgan fingerprint density at radius 2 is 1.67 bits per heavy atom. The number of anilines is 1. The zero-order valence-electron chi connectivity index (χ0n) is 16.6. The molecule has 3 aromatic carbocycles. The summed E-state index contributed by atoms with van der Waals surface area (Å²) in [5, 5.41) is 7.37. The largest absolute Gasteiger partial charge is 0.494 e. The van der Waals surface area contributed by atoms with Crippen LogP contribution in [-0.2, 0) is 6.54 Å². The Bertz CT molecular complexity index is 1160. The van der Waals surface area contributed by atoms with E-state index in [1.165, 1.54) is 0 Å². The Hall–Kier alpha value is -4.04. The van der Waals surface area contributed by atoms with Crippen molar-refractivity contribution in [2.45, 2.75) is 13.5 Å². The average molecular weight is 395 g/mol. The van der Waals surface area contributed by atoms with Crippen LogP contribution in [0.2, 0.25) is 0 Å². The van der Waals surface area contributed by atoms with E-state index in [2.05, 4.69) is 27.3 Å². The Morgan fingerprint density at radius 1 is 0.900 bits per heavy atom. The molecule has 0 amide bonds. The Balaban J connectivity index is 1.39. The van der Waals surface area contributed by atoms with Crippen LogP contribution >= 0.6 is 0 Å². The molecule has 0 unspecified atom stereocenters. The molecule has 0 bridgehead atoms. The third kappa shape index (κ3) is 5.06. The van der Waals surface area contributed by atoms with Gasteiger partial charge in [-0.15, -0.1) is 0 Å². The van der Waals surface area contributed by atoms with Crippen molar-refractivity contribution in [2.24, 2.45) is 0 Å². The first-order valence-electron chi connectivity index (χ1n) is 9.77. The molecule has 4 aromatic rings. The molecule has 30 heavy (non-hydrogen) atoms. The van der Waals surface area contributed by atoms with E-state index in [1.807, 2.05) is 85.8 Å². The van der Waals surface area contributed by atoms with Gasteiger partial charge in [-0.05, 0) is 61.5 Å². The van der Waals surface area contributed by atoms with Gasteiger partial charge in [0, 0.05) is 22.4 Å². The summed E-state index contributed by atoms with van der Waals surface area (Å²) in [4.78, 5) is 4.46. The molecule has 5 heteroatoms. The molecule has 0 aliphatic carbocycles. The summed E-state index contributed by atoms with van der Waals surface area (Å²) in [7, 11) is 0. The van der Waals surface area contributed by atoms with E-state index >= 15 is 0 Å². The molecule has 5 nitrogen and oxygen atoms in total. The number of hydrogen-bond donors (Lipinski definition) is 1. The highest BCUT2D eigenvalue weighted by atomic mass is 16.5. The molecule has 148 valence electrons. The fourth-order valence-corrected chi connectivity index (χ4v) is 2.86. The van der Waals surface area contributed by atoms with E-state index in [4.69, 9.17) is 9.26 Å². The van der Waals surface area contributed by atoms with Crippen LogP contribution in [0.5, 0.6) is 5.75 Å². The fourth-order valence-electron chi connectivity index (χ4n) is 2.86. The maximum atomic E-state index is 5.46. The Labute approximate surface area is 175 Å². The second-order valence-corrected chi connectivity index (χ2v) is 6.52. The molecule has 1 heterocycles. The third-order valence-corrected chi connectivity index (χ3v) is 4.32. The lowest BCUT2D eigenvalue weighted by Gasteiger charge is -2.03. The first kappa shape index (κ1) is 19.3. The number of nitrogens with one attached hydrogen (secondary N) is 1. The van der Waals surface area contributed by atoms with Gasteiger partial charge in [0.2, 0.25) is 11.7 Å². The van der Waals surface area contributed by atoms with Crippen molar-refractivity contribution in [2.75, 3.05) is 11.9 Å². The quantitative estimate of drug-likeness (QED) is 0.458. The molecule has 0 radical (unpaired) electrons. The van der Waals surface area contributed by atoms with Gasteiger partial charge in [0.25, 0.3) is 0 Å². The van der Waals surface area contributed by atoms with Crippen LogP contribution in [-0.4, -0.2) is 16.7 Å². The van der Waals surface area contributed by atoms with E-state index in [0.717, 1.165) is 28.1 Å². The van der Waals surface area contributed by atoms with E-state index < -0.39 is 0 Å². The average Bonchev–Trinajstić information content (AvgIpc) is 3.27. The highest BCUT2D eigenvalue weighted by molar-refractivity contribution is 5.56. The van der Waals surface area contributed by atoms with Crippen molar-refractivity contribution in [1.82, 2.24) is 10.1 Å². The number of ether oxygens (including phenoxy) is 1. The summed E-state index contributed by atoms with van der Waals surface area (Å²) in [6.07, 6.45) is 0. The first-order chi connectivity index (χ1) is 14.8. The summed E-state index contributed by atoms with van der Waals surface area (Å²) in [5.74, 6) is 8.24. The molecule has 1 aromatic heterocycles. The minimum Gasteiger partial charge on any atom is -0.494 e.